The standard InChI is InChI=1S/C16H23N/c1-12(2)17-11-3-4-16(17)15-9-7-14(8-10-15)13-5-6-13/h7-10,12-13,16H,3-6,11H2,1-2H3. The van der Waals surface area contributed by atoms with Gasteiger partial charge in [0.25, 0.3) is 0 Å². The Morgan fingerprint density at radius 2 is 1.65 bits per heavy atom. The zero-order chi connectivity index (χ0) is 11.8. The number of benzene rings is 1. The first-order chi connectivity index (χ1) is 8.25. The fraction of sp³-hybridized carbons (Fsp3) is 0.625. The molecule has 1 saturated carbocycles. The minimum absolute atomic E-state index is 0.670. The molecule has 2 aliphatic rings. The van der Waals surface area contributed by atoms with Crippen LogP contribution in [-0.4, -0.2) is 17.5 Å². The number of hydrogen-bond donors (Lipinski definition) is 0. The van der Waals surface area contributed by atoms with Gasteiger partial charge in [0.05, 0.1) is 0 Å². The number of likely N-dealkylation sites (tertiary alicyclic amines) is 1. The normalized spacial score (nSPS) is 25.7. The van der Waals surface area contributed by atoms with Gasteiger partial charge in [0, 0.05) is 12.1 Å². The first-order valence-electron chi connectivity index (χ1n) is 7.11. The Morgan fingerprint density at radius 3 is 2.24 bits per heavy atom. The van der Waals surface area contributed by atoms with E-state index in [-0.39, 0.29) is 0 Å². The molecule has 1 aromatic carbocycles. The minimum Gasteiger partial charge on any atom is -0.294 e. The fourth-order valence-electron chi connectivity index (χ4n) is 3.17. The van der Waals surface area contributed by atoms with Crippen LogP contribution in [0.5, 0.6) is 0 Å². The molecule has 0 spiro atoms. The van der Waals surface area contributed by atoms with Gasteiger partial charge in [-0.2, -0.15) is 0 Å². The maximum atomic E-state index is 2.64. The van der Waals surface area contributed by atoms with Crippen LogP contribution in [0.2, 0.25) is 0 Å². The smallest absolute Gasteiger partial charge is 0.0351 e. The molecule has 1 aliphatic heterocycles. The predicted molar refractivity (Wildman–Crippen MR) is 72.2 cm³/mol. The molecule has 1 heterocycles. The molecule has 1 aliphatic carbocycles. The molecule has 0 amide bonds. The second-order valence-corrected chi connectivity index (χ2v) is 5.93. The van der Waals surface area contributed by atoms with Crippen LogP contribution < -0.4 is 0 Å². The molecule has 1 nitrogen and oxygen atoms in total. The fourth-order valence-corrected chi connectivity index (χ4v) is 3.17. The van der Waals surface area contributed by atoms with Crippen molar-refractivity contribution in [2.24, 2.45) is 0 Å². The summed E-state index contributed by atoms with van der Waals surface area (Å²) in [4.78, 5) is 2.64. The Kier molecular flexibility index (Phi) is 2.96. The molecule has 1 unspecified atom stereocenters. The molecule has 0 radical (unpaired) electrons. The van der Waals surface area contributed by atoms with Crippen LogP contribution in [0.3, 0.4) is 0 Å². The zero-order valence-corrected chi connectivity index (χ0v) is 11.0. The van der Waals surface area contributed by atoms with Gasteiger partial charge in [-0.25, -0.2) is 0 Å². The van der Waals surface area contributed by atoms with E-state index in [1.165, 1.54) is 37.8 Å². The summed E-state index contributed by atoms with van der Waals surface area (Å²) in [7, 11) is 0. The van der Waals surface area contributed by atoms with Crippen LogP contribution in [0.1, 0.15) is 62.6 Å². The Bertz CT molecular complexity index is 375. The molecular weight excluding hydrogens is 206 g/mol. The van der Waals surface area contributed by atoms with Crippen LogP contribution in [0, 0.1) is 0 Å². The molecule has 2 fully saturated rings. The van der Waals surface area contributed by atoms with E-state index in [9.17, 15) is 0 Å². The summed E-state index contributed by atoms with van der Waals surface area (Å²) in [6, 6.07) is 10.8. The molecule has 17 heavy (non-hydrogen) atoms. The maximum absolute atomic E-state index is 2.64. The summed E-state index contributed by atoms with van der Waals surface area (Å²) < 4.78 is 0. The third-order valence-electron chi connectivity index (χ3n) is 4.33. The highest BCUT2D eigenvalue weighted by Crippen LogP contribution is 2.41. The molecule has 0 aromatic heterocycles. The van der Waals surface area contributed by atoms with Crippen LogP contribution in [-0.2, 0) is 0 Å². The van der Waals surface area contributed by atoms with Crippen molar-refractivity contribution >= 4 is 0 Å². The van der Waals surface area contributed by atoms with E-state index in [0.29, 0.717) is 12.1 Å². The number of rotatable bonds is 3. The van der Waals surface area contributed by atoms with Crippen molar-refractivity contribution in [2.75, 3.05) is 6.54 Å². The van der Waals surface area contributed by atoms with Crippen LogP contribution in [0.15, 0.2) is 24.3 Å². The Labute approximate surface area is 105 Å². The Balaban J connectivity index is 1.78. The van der Waals surface area contributed by atoms with Gasteiger partial charge >= 0.3 is 0 Å². The highest BCUT2D eigenvalue weighted by atomic mass is 15.2. The predicted octanol–water partition coefficient (Wildman–Crippen LogP) is 4.11. The lowest BCUT2D eigenvalue weighted by molar-refractivity contribution is 0.205. The largest absolute Gasteiger partial charge is 0.294 e. The van der Waals surface area contributed by atoms with Gasteiger partial charge in [0.15, 0.2) is 0 Å². The summed E-state index contributed by atoms with van der Waals surface area (Å²) in [6.07, 6.45) is 5.50. The molecule has 0 bridgehead atoms. The Hall–Kier alpha value is -0.820. The topological polar surface area (TPSA) is 3.24 Å². The molecular formula is C16H23N. The van der Waals surface area contributed by atoms with Gasteiger partial charge in [0.2, 0.25) is 0 Å². The van der Waals surface area contributed by atoms with Gasteiger partial charge in [-0.15, -0.1) is 0 Å². The highest BCUT2D eigenvalue weighted by molar-refractivity contribution is 5.30. The lowest BCUT2D eigenvalue weighted by atomic mass is 10.0. The summed E-state index contributed by atoms with van der Waals surface area (Å²) in [5.41, 5.74) is 3.09. The van der Waals surface area contributed by atoms with Crippen molar-refractivity contribution in [1.82, 2.24) is 4.90 Å². The zero-order valence-electron chi connectivity index (χ0n) is 11.0. The second-order valence-electron chi connectivity index (χ2n) is 5.93. The summed E-state index contributed by atoms with van der Waals surface area (Å²) in [5.74, 6) is 0.883. The molecule has 1 atom stereocenters. The van der Waals surface area contributed by atoms with E-state index >= 15 is 0 Å². The summed E-state index contributed by atoms with van der Waals surface area (Å²) in [5, 5.41) is 0. The quantitative estimate of drug-likeness (QED) is 0.754. The monoisotopic (exact) mass is 229 g/mol. The van der Waals surface area contributed by atoms with Gasteiger partial charge in [-0.3, -0.25) is 4.90 Å². The van der Waals surface area contributed by atoms with Crippen LogP contribution >= 0.6 is 0 Å². The number of nitrogens with zero attached hydrogens (tertiary/aromatic N) is 1. The average Bonchev–Trinajstić information content (AvgIpc) is 3.06. The first kappa shape index (κ1) is 11.3. The van der Waals surface area contributed by atoms with Gasteiger partial charge < -0.3 is 0 Å². The van der Waals surface area contributed by atoms with Crippen LogP contribution in [0.25, 0.3) is 0 Å². The summed E-state index contributed by atoms with van der Waals surface area (Å²) in [6.45, 7) is 5.90. The lowest BCUT2D eigenvalue weighted by Gasteiger charge is -2.28. The second kappa shape index (κ2) is 4.45. The van der Waals surface area contributed by atoms with Crippen molar-refractivity contribution in [2.45, 2.75) is 57.5 Å². The van der Waals surface area contributed by atoms with Crippen molar-refractivity contribution in [3.8, 4) is 0 Å². The molecule has 1 heteroatoms. The highest BCUT2D eigenvalue weighted by Gasteiger charge is 2.28. The van der Waals surface area contributed by atoms with E-state index in [1.54, 1.807) is 5.56 Å². The average molecular weight is 229 g/mol. The van der Waals surface area contributed by atoms with Crippen molar-refractivity contribution in [3.63, 3.8) is 0 Å². The van der Waals surface area contributed by atoms with Crippen molar-refractivity contribution < 1.29 is 0 Å². The third-order valence-corrected chi connectivity index (χ3v) is 4.33. The van der Waals surface area contributed by atoms with Gasteiger partial charge in [-0.05, 0) is 63.1 Å². The van der Waals surface area contributed by atoms with E-state index in [4.69, 9.17) is 0 Å². The van der Waals surface area contributed by atoms with Gasteiger partial charge in [0.1, 0.15) is 0 Å². The first-order valence-corrected chi connectivity index (χ1v) is 7.11. The Morgan fingerprint density at radius 1 is 1.00 bits per heavy atom. The van der Waals surface area contributed by atoms with Crippen molar-refractivity contribution in [1.29, 1.82) is 0 Å². The van der Waals surface area contributed by atoms with E-state index in [2.05, 4.69) is 43.0 Å². The SMILES string of the molecule is CC(C)N1CCCC1c1ccc(C2CC2)cc1. The van der Waals surface area contributed by atoms with Crippen molar-refractivity contribution in [3.05, 3.63) is 35.4 Å². The maximum Gasteiger partial charge on any atom is 0.0351 e. The lowest BCUT2D eigenvalue weighted by Crippen LogP contribution is -2.30. The van der Waals surface area contributed by atoms with E-state index in [0.717, 1.165) is 5.92 Å². The molecule has 1 aromatic rings. The minimum atomic E-state index is 0.670. The molecule has 1 saturated heterocycles. The summed E-state index contributed by atoms with van der Waals surface area (Å²) >= 11 is 0. The molecule has 92 valence electrons. The van der Waals surface area contributed by atoms with Gasteiger partial charge in [-0.1, -0.05) is 24.3 Å². The molecule has 0 N–H and O–H groups in total. The van der Waals surface area contributed by atoms with E-state index in [1.807, 2.05) is 0 Å². The van der Waals surface area contributed by atoms with Crippen LogP contribution in [0.4, 0.5) is 0 Å². The molecule has 3 rings (SSSR count). The number of hydrogen-bond acceptors (Lipinski definition) is 1. The van der Waals surface area contributed by atoms with E-state index < -0.39 is 0 Å². The third kappa shape index (κ3) is 2.26.